The quantitative estimate of drug-likeness (QED) is 0.658. The van der Waals surface area contributed by atoms with Gasteiger partial charge in [0.25, 0.3) is 10.0 Å². The molecule has 0 aliphatic carbocycles. The molecule has 2 N–H and O–H groups in total. The van der Waals surface area contributed by atoms with Gasteiger partial charge in [0.1, 0.15) is 0 Å². The number of carbonyl (C=O) groups is 1. The minimum Gasteiger partial charge on any atom is -0.370 e. The smallest absolute Gasteiger partial charge is 0.319 e. The van der Waals surface area contributed by atoms with Crippen LogP contribution in [-0.2, 0) is 14.9 Å². The largest absolute Gasteiger partial charge is 0.370 e. The first-order valence-corrected chi connectivity index (χ1v) is 10.2. The van der Waals surface area contributed by atoms with Crippen LogP contribution < -0.4 is 15.5 Å². The molecule has 2 aromatic rings. The van der Waals surface area contributed by atoms with Crippen molar-refractivity contribution in [2.45, 2.75) is 17.9 Å². The van der Waals surface area contributed by atoms with E-state index < -0.39 is 10.0 Å². The highest BCUT2D eigenvalue weighted by atomic mass is 32.2. The molecule has 0 fully saturated rings. The third-order valence-corrected chi connectivity index (χ3v) is 6.08. The van der Waals surface area contributed by atoms with E-state index in [1.807, 2.05) is 44.3 Å². The van der Waals surface area contributed by atoms with E-state index in [4.69, 9.17) is 4.84 Å². The van der Waals surface area contributed by atoms with Gasteiger partial charge in [-0.25, -0.2) is 13.2 Å². The Morgan fingerprint density at radius 1 is 1.07 bits per heavy atom. The van der Waals surface area contributed by atoms with Gasteiger partial charge in [-0.1, -0.05) is 22.7 Å². The van der Waals surface area contributed by atoms with Crippen LogP contribution in [0.15, 0.2) is 59.5 Å². The zero-order chi connectivity index (χ0) is 20.7. The molecule has 0 saturated heterocycles. The van der Waals surface area contributed by atoms with Crippen LogP contribution >= 0.6 is 0 Å². The van der Waals surface area contributed by atoms with Crippen molar-refractivity contribution in [3.05, 3.63) is 54.6 Å². The molecule has 152 valence electrons. The topological polar surface area (TPSA) is 91.0 Å². The van der Waals surface area contributed by atoms with Gasteiger partial charge in [0, 0.05) is 38.1 Å². The summed E-state index contributed by atoms with van der Waals surface area (Å²) in [6, 6.07) is 15.5. The second-order valence-electron chi connectivity index (χ2n) is 6.25. The maximum Gasteiger partial charge on any atom is 0.319 e. The number of anilines is 2. The highest BCUT2D eigenvalue weighted by molar-refractivity contribution is 7.89. The third-order valence-electron chi connectivity index (χ3n) is 4.39. The van der Waals surface area contributed by atoms with E-state index in [2.05, 4.69) is 15.5 Å². The number of benzene rings is 2. The van der Waals surface area contributed by atoms with Gasteiger partial charge in [0.15, 0.2) is 0 Å². The molecule has 1 unspecified atom stereocenters. The third kappa shape index (κ3) is 5.44. The summed E-state index contributed by atoms with van der Waals surface area (Å²) in [5.74, 6) is 0. The van der Waals surface area contributed by atoms with E-state index >= 15 is 0 Å². The molecule has 0 bridgehead atoms. The predicted octanol–water partition coefficient (Wildman–Crippen LogP) is 2.51. The standard InChI is InChI=1S/C19H26N4O4S/c1-15(22(2)17-8-6-5-7-9-17)14-20-19(24)21-16-10-12-18(13-11-16)28(25,26)23(3)27-4/h5-13,15H,14H2,1-4H3,(H2,20,21,24). The lowest BCUT2D eigenvalue weighted by atomic mass is 10.2. The number of nitrogens with one attached hydrogen (secondary N) is 2. The number of rotatable bonds is 8. The van der Waals surface area contributed by atoms with Gasteiger partial charge in [-0.15, -0.1) is 0 Å². The van der Waals surface area contributed by atoms with Gasteiger partial charge in [0.2, 0.25) is 0 Å². The van der Waals surface area contributed by atoms with Gasteiger partial charge >= 0.3 is 6.03 Å². The van der Waals surface area contributed by atoms with Crippen molar-refractivity contribution in [2.24, 2.45) is 0 Å². The lowest BCUT2D eigenvalue weighted by Gasteiger charge is -2.27. The summed E-state index contributed by atoms with van der Waals surface area (Å²) in [5.41, 5.74) is 1.55. The fourth-order valence-corrected chi connectivity index (χ4v) is 3.40. The summed E-state index contributed by atoms with van der Waals surface area (Å²) >= 11 is 0. The van der Waals surface area contributed by atoms with Gasteiger partial charge in [-0.2, -0.15) is 0 Å². The fourth-order valence-electron chi connectivity index (χ4n) is 2.43. The Bertz CT molecular complexity index is 873. The van der Waals surface area contributed by atoms with E-state index in [0.717, 1.165) is 10.2 Å². The Labute approximate surface area is 166 Å². The molecule has 2 amide bonds. The Kier molecular flexibility index (Phi) is 7.38. The number of hydrogen-bond acceptors (Lipinski definition) is 5. The van der Waals surface area contributed by atoms with Crippen LogP contribution in [0.3, 0.4) is 0 Å². The maximum atomic E-state index is 12.2. The van der Waals surface area contributed by atoms with Crippen molar-refractivity contribution in [3.8, 4) is 0 Å². The summed E-state index contributed by atoms with van der Waals surface area (Å²) in [5, 5.41) is 5.51. The minimum atomic E-state index is -3.71. The molecule has 8 nitrogen and oxygen atoms in total. The SMILES string of the molecule is CON(C)S(=O)(=O)c1ccc(NC(=O)NCC(C)N(C)c2ccccc2)cc1. The van der Waals surface area contributed by atoms with Gasteiger partial charge in [0.05, 0.1) is 12.0 Å². The first-order chi connectivity index (χ1) is 13.3. The average molecular weight is 407 g/mol. The zero-order valence-electron chi connectivity index (χ0n) is 16.4. The minimum absolute atomic E-state index is 0.0703. The molecule has 0 aliphatic rings. The van der Waals surface area contributed by atoms with Crippen LogP contribution in [0.25, 0.3) is 0 Å². The summed E-state index contributed by atoms with van der Waals surface area (Å²) in [4.78, 5) is 19.0. The van der Waals surface area contributed by atoms with E-state index in [1.54, 1.807) is 0 Å². The number of sulfonamides is 1. The van der Waals surface area contributed by atoms with Crippen LogP contribution in [0.2, 0.25) is 0 Å². The molecule has 0 radical (unpaired) electrons. The van der Waals surface area contributed by atoms with Crippen molar-refractivity contribution in [2.75, 3.05) is 38.0 Å². The highest BCUT2D eigenvalue weighted by Gasteiger charge is 2.20. The Balaban J connectivity index is 1.89. The number of likely N-dealkylation sites (N-methyl/N-ethyl adjacent to an activating group) is 1. The molecule has 2 rings (SSSR count). The number of para-hydroxylation sites is 1. The van der Waals surface area contributed by atoms with E-state index in [9.17, 15) is 13.2 Å². The van der Waals surface area contributed by atoms with Crippen LogP contribution in [0.5, 0.6) is 0 Å². The molecular formula is C19H26N4O4S. The van der Waals surface area contributed by atoms with E-state index in [1.165, 1.54) is 38.4 Å². The summed E-state index contributed by atoms with van der Waals surface area (Å²) < 4.78 is 25.1. The number of amides is 2. The van der Waals surface area contributed by atoms with Crippen molar-refractivity contribution in [3.63, 3.8) is 0 Å². The number of hydrogen-bond donors (Lipinski definition) is 2. The van der Waals surface area contributed by atoms with Crippen LogP contribution in [0, 0.1) is 0 Å². The molecular weight excluding hydrogens is 380 g/mol. The second kappa shape index (κ2) is 9.54. The first kappa shape index (κ1) is 21.7. The van der Waals surface area contributed by atoms with Crippen molar-refractivity contribution in [1.82, 2.24) is 9.79 Å². The van der Waals surface area contributed by atoms with E-state index in [0.29, 0.717) is 12.2 Å². The van der Waals surface area contributed by atoms with Gasteiger partial charge in [-0.3, -0.25) is 4.84 Å². The zero-order valence-corrected chi connectivity index (χ0v) is 17.2. The second-order valence-corrected chi connectivity index (χ2v) is 8.19. The number of hydroxylamine groups is 1. The molecule has 0 heterocycles. The van der Waals surface area contributed by atoms with Crippen LogP contribution in [-0.4, -0.2) is 52.7 Å². The highest BCUT2D eigenvalue weighted by Crippen LogP contribution is 2.17. The number of urea groups is 1. The first-order valence-electron chi connectivity index (χ1n) is 8.71. The normalized spacial score (nSPS) is 12.5. The van der Waals surface area contributed by atoms with Crippen LogP contribution in [0.4, 0.5) is 16.2 Å². The summed E-state index contributed by atoms with van der Waals surface area (Å²) in [7, 11) is 0.834. The Morgan fingerprint density at radius 3 is 2.25 bits per heavy atom. The molecule has 0 aliphatic heterocycles. The van der Waals surface area contributed by atoms with Crippen molar-refractivity contribution < 1.29 is 18.0 Å². The Hall–Kier alpha value is -2.62. The van der Waals surface area contributed by atoms with Gasteiger partial charge < -0.3 is 15.5 Å². The molecule has 9 heteroatoms. The lowest BCUT2D eigenvalue weighted by Crippen LogP contribution is -2.41. The molecule has 0 saturated carbocycles. The summed E-state index contributed by atoms with van der Waals surface area (Å²) in [6.45, 7) is 2.46. The predicted molar refractivity (Wildman–Crippen MR) is 110 cm³/mol. The van der Waals surface area contributed by atoms with Crippen molar-refractivity contribution in [1.29, 1.82) is 0 Å². The molecule has 0 spiro atoms. The van der Waals surface area contributed by atoms with Crippen molar-refractivity contribution >= 4 is 27.4 Å². The monoisotopic (exact) mass is 406 g/mol. The van der Waals surface area contributed by atoms with Gasteiger partial charge in [-0.05, 0) is 43.3 Å². The molecule has 1 atom stereocenters. The van der Waals surface area contributed by atoms with Crippen LogP contribution in [0.1, 0.15) is 6.92 Å². The number of carbonyl (C=O) groups excluding carboxylic acids is 1. The van der Waals surface area contributed by atoms with E-state index in [-0.39, 0.29) is 17.0 Å². The molecule has 2 aromatic carbocycles. The lowest BCUT2D eigenvalue weighted by molar-refractivity contribution is -0.0258. The molecule has 0 aromatic heterocycles. The Morgan fingerprint density at radius 2 is 1.68 bits per heavy atom. The number of nitrogens with zero attached hydrogens (tertiary/aromatic N) is 2. The maximum absolute atomic E-state index is 12.2. The molecule has 28 heavy (non-hydrogen) atoms. The summed E-state index contributed by atoms with van der Waals surface area (Å²) in [6.07, 6.45) is 0. The average Bonchev–Trinajstić information content (AvgIpc) is 2.71. The fraction of sp³-hybridized carbons (Fsp3) is 0.316.